The van der Waals surface area contributed by atoms with Crippen LogP contribution < -0.4 is 4.90 Å². The molecule has 0 aromatic heterocycles. The zero-order valence-corrected chi connectivity index (χ0v) is 11.9. The van der Waals surface area contributed by atoms with E-state index in [0.717, 1.165) is 10.0 Å². The number of ketones is 1. The third-order valence-corrected chi connectivity index (χ3v) is 3.45. The smallest absolute Gasteiger partial charge is 0.303 e. The van der Waals surface area contributed by atoms with Crippen LogP contribution in [0.25, 0.3) is 0 Å². The van der Waals surface area contributed by atoms with Gasteiger partial charge < -0.3 is 10.0 Å². The Morgan fingerprint density at radius 3 is 2.68 bits per heavy atom. The Balaban J connectivity index is 2.31. The third-order valence-electron chi connectivity index (χ3n) is 2.99. The third kappa shape index (κ3) is 2.53. The van der Waals surface area contributed by atoms with Crippen molar-refractivity contribution in [3.8, 4) is 0 Å². The topological polar surface area (TPSA) is 74.7 Å². The number of rotatable bonds is 4. The normalized spacial score (nSPS) is 13.9. The number of carboxylic acids is 1. The molecule has 0 radical (unpaired) electrons. The molecule has 1 aromatic carbocycles. The Bertz CT molecular complexity index is 582. The molecule has 1 heterocycles. The number of carboxylic acid groups (broad SMARTS) is 1. The number of hydrogen-bond acceptors (Lipinski definition) is 3. The fourth-order valence-corrected chi connectivity index (χ4v) is 2.78. The highest BCUT2D eigenvalue weighted by Gasteiger charge is 2.36. The standard InChI is InChI=1S/C13H12BrNO4/c1-7-5-8(14)6-9-11(7)15(13(19)12(9)18)4-2-3-10(16)17/h5-6H,2-4H2,1H3,(H,16,17). The van der Waals surface area contributed by atoms with E-state index in [2.05, 4.69) is 15.9 Å². The van der Waals surface area contributed by atoms with Gasteiger partial charge in [0.1, 0.15) is 0 Å². The molecule has 0 fully saturated rings. The van der Waals surface area contributed by atoms with Gasteiger partial charge in [0.2, 0.25) is 0 Å². The minimum Gasteiger partial charge on any atom is -0.481 e. The van der Waals surface area contributed by atoms with Crippen molar-refractivity contribution in [1.82, 2.24) is 0 Å². The second kappa shape index (κ2) is 5.13. The van der Waals surface area contributed by atoms with Crippen LogP contribution in [0.3, 0.4) is 0 Å². The highest BCUT2D eigenvalue weighted by molar-refractivity contribution is 9.10. The number of Topliss-reactive ketones (excluding diaryl/α,β-unsaturated/α-hetero) is 1. The Hall–Kier alpha value is -1.69. The van der Waals surface area contributed by atoms with Crippen LogP contribution in [0.4, 0.5) is 5.69 Å². The molecule has 1 N–H and O–H groups in total. The number of aliphatic carboxylic acids is 1. The number of aryl methyl sites for hydroxylation is 1. The van der Waals surface area contributed by atoms with E-state index in [-0.39, 0.29) is 13.0 Å². The number of carbonyl (C=O) groups is 3. The van der Waals surface area contributed by atoms with Crippen LogP contribution in [0.15, 0.2) is 16.6 Å². The summed E-state index contributed by atoms with van der Waals surface area (Å²) < 4.78 is 0.747. The summed E-state index contributed by atoms with van der Waals surface area (Å²) in [5.41, 5.74) is 1.80. The monoisotopic (exact) mass is 325 g/mol. The Kier molecular flexibility index (Phi) is 3.71. The van der Waals surface area contributed by atoms with Gasteiger partial charge in [-0.1, -0.05) is 15.9 Å². The Morgan fingerprint density at radius 2 is 2.05 bits per heavy atom. The minimum absolute atomic E-state index is 0.0249. The van der Waals surface area contributed by atoms with Crippen LogP contribution in [0.2, 0.25) is 0 Å². The number of carbonyl (C=O) groups excluding carboxylic acids is 2. The van der Waals surface area contributed by atoms with E-state index in [1.807, 2.05) is 13.0 Å². The fraction of sp³-hybridized carbons (Fsp3) is 0.308. The molecule has 5 nitrogen and oxygen atoms in total. The summed E-state index contributed by atoms with van der Waals surface area (Å²) in [6, 6.07) is 3.45. The maximum atomic E-state index is 11.9. The van der Waals surface area contributed by atoms with Gasteiger partial charge in [0.25, 0.3) is 11.7 Å². The van der Waals surface area contributed by atoms with Crippen LogP contribution in [-0.4, -0.2) is 29.3 Å². The van der Waals surface area contributed by atoms with Crippen molar-refractivity contribution in [3.63, 3.8) is 0 Å². The molecule has 1 amide bonds. The molecule has 0 saturated carbocycles. The van der Waals surface area contributed by atoms with E-state index < -0.39 is 17.7 Å². The van der Waals surface area contributed by atoms with Gasteiger partial charge in [0, 0.05) is 17.4 Å². The molecule has 0 saturated heterocycles. The average molecular weight is 326 g/mol. The first-order valence-corrected chi connectivity index (χ1v) is 6.59. The van der Waals surface area contributed by atoms with Crippen molar-refractivity contribution < 1.29 is 19.5 Å². The van der Waals surface area contributed by atoms with E-state index in [1.54, 1.807) is 6.07 Å². The summed E-state index contributed by atoms with van der Waals surface area (Å²) in [6.07, 6.45) is 0.298. The van der Waals surface area contributed by atoms with Gasteiger partial charge in [0.15, 0.2) is 0 Å². The molecule has 1 aliphatic rings. The lowest BCUT2D eigenvalue weighted by molar-refractivity contribution is -0.137. The maximum Gasteiger partial charge on any atom is 0.303 e. The number of nitrogens with zero attached hydrogens (tertiary/aromatic N) is 1. The predicted octanol–water partition coefficient (Wildman–Crippen LogP) is 2.15. The molecule has 1 aromatic rings. The lowest BCUT2D eigenvalue weighted by Gasteiger charge is -2.18. The largest absolute Gasteiger partial charge is 0.481 e. The van der Waals surface area contributed by atoms with Crippen LogP contribution in [0.1, 0.15) is 28.8 Å². The van der Waals surface area contributed by atoms with Crippen LogP contribution in [-0.2, 0) is 9.59 Å². The minimum atomic E-state index is -0.911. The van der Waals surface area contributed by atoms with Crippen LogP contribution in [0.5, 0.6) is 0 Å². The summed E-state index contributed by atoms with van der Waals surface area (Å²) in [7, 11) is 0. The molecule has 0 bridgehead atoms. The zero-order valence-electron chi connectivity index (χ0n) is 10.3. The highest BCUT2D eigenvalue weighted by Crippen LogP contribution is 2.35. The molecule has 1 aliphatic heterocycles. The molecule has 2 rings (SSSR count). The average Bonchev–Trinajstić information content (AvgIpc) is 2.54. The maximum absolute atomic E-state index is 11.9. The van der Waals surface area contributed by atoms with Gasteiger partial charge in [-0.05, 0) is 31.0 Å². The van der Waals surface area contributed by atoms with E-state index >= 15 is 0 Å². The summed E-state index contributed by atoms with van der Waals surface area (Å²) >= 11 is 3.30. The second-order valence-electron chi connectivity index (χ2n) is 4.40. The van der Waals surface area contributed by atoms with Crippen molar-refractivity contribution in [1.29, 1.82) is 0 Å². The lowest BCUT2D eigenvalue weighted by atomic mass is 10.1. The van der Waals surface area contributed by atoms with Gasteiger partial charge in [-0.15, -0.1) is 0 Å². The second-order valence-corrected chi connectivity index (χ2v) is 5.32. The van der Waals surface area contributed by atoms with Crippen molar-refractivity contribution in [2.24, 2.45) is 0 Å². The number of hydrogen-bond donors (Lipinski definition) is 1. The Morgan fingerprint density at radius 1 is 1.37 bits per heavy atom. The zero-order chi connectivity index (χ0) is 14.2. The van der Waals surface area contributed by atoms with Crippen molar-refractivity contribution in [2.45, 2.75) is 19.8 Å². The molecule has 19 heavy (non-hydrogen) atoms. The highest BCUT2D eigenvalue weighted by atomic mass is 79.9. The number of anilines is 1. The van der Waals surface area contributed by atoms with Crippen molar-refractivity contribution in [3.05, 3.63) is 27.7 Å². The fourth-order valence-electron chi connectivity index (χ4n) is 2.21. The van der Waals surface area contributed by atoms with E-state index in [0.29, 0.717) is 17.7 Å². The van der Waals surface area contributed by atoms with Gasteiger partial charge in [-0.25, -0.2) is 0 Å². The summed E-state index contributed by atoms with van der Waals surface area (Å²) in [4.78, 5) is 35.7. The quantitative estimate of drug-likeness (QED) is 0.861. The number of halogens is 1. The molecule has 0 aliphatic carbocycles. The first kappa shape index (κ1) is 13.7. The summed E-state index contributed by atoms with van der Waals surface area (Å²) in [5.74, 6) is -2.03. The summed E-state index contributed by atoms with van der Waals surface area (Å²) in [5, 5.41) is 8.61. The van der Waals surface area contributed by atoms with E-state index in [9.17, 15) is 14.4 Å². The molecule has 0 spiro atoms. The summed E-state index contributed by atoms with van der Waals surface area (Å²) in [6.45, 7) is 2.06. The Labute approximate surface area is 118 Å². The van der Waals surface area contributed by atoms with Crippen LogP contribution in [0, 0.1) is 6.92 Å². The van der Waals surface area contributed by atoms with Gasteiger partial charge >= 0.3 is 5.97 Å². The van der Waals surface area contributed by atoms with Crippen molar-refractivity contribution in [2.75, 3.05) is 11.4 Å². The molecule has 100 valence electrons. The van der Waals surface area contributed by atoms with E-state index in [1.165, 1.54) is 4.90 Å². The molecule has 0 atom stereocenters. The number of fused-ring (bicyclic) bond motifs is 1. The van der Waals surface area contributed by atoms with E-state index in [4.69, 9.17) is 5.11 Å². The van der Waals surface area contributed by atoms with Gasteiger partial charge in [0.05, 0.1) is 11.3 Å². The first-order chi connectivity index (χ1) is 8.91. The first-order valence-electron chi connectivity index (χ1n) is 5.80. The van der Waals surface area contributed by atoms with Crippen LogP contribution >= 0.6 is 15.9 Å². The van der Waals surface area contributed by atoms with Gasteiger partial charge in [-0.2, -0.15) is 0 Å². The molecular weight excluding hydrogens is 314 g/mol. The lowest BCUT2D eigenvalue weighted by Crippen LogP contribution is -2.31. The van der Waals surface area contributed by atoms with Crippen molar-refractivity contribution >= 4 is 39.3 Å². The molecule has 6 heteroatoms. The SMILES string of the molecule is Cc1cc(Br)cc2c1N(CCCC(=O)O)C(=O)C2=O. The number of benzene rings is 1. The van der Waals surface area contributed by atoms with Gasteiger partial charge in [-0.3, -0.25) is 14.4 Å². The molecular formula is C13H12BrNO4. The number of amides is 1. The predicted molar refractivity (Wildman–Crippen MR) is 72.4 cm³/mol. The molecule has 0 unspecified atom stereocenters.